The molecule has 36 N–H and O–H groups in total. The quantitative estimate of drug-likeness (QED) is 0.0116. The van der Waals surface area contributed by atoms with E-state index in [2.05, 4.69) is 159 Å². The number of aromatic hydroxyl groups is 30. The second-order valence-electron chi connectivity index (χ2n) is 29.6. The van der Waals surface area contributed by atoms with Gasteiger partial charge in [0.25, 0.3) is 0 Å². The molecule has 0 aromatic heterocycles. The molecule has 0 unspecified atom stereocenters. The third kappa shape index (κ3) is 35.7. The summed E-state index contributed by atoms with van der Waals surface area (Å²) in [4.78, 5) is 2.24. The highest BCUT2D eigenvalue weighted by molar-refractivity contribution is 14.1. The van der Waals surface area contributed by atoms with Gasteiger partial charge in [0, 0.05) is 52.7 Å². The number of hydrogen-bond acceptors (Lipinski definition) is 36. The van der Waals surface area contributed by atoms with Crippen molar-refractivity contribution in [2.45, 2.75) is 39.3 Å². The largest absolute Gasteiger partial charge is 0.504 e. The fourth-order valence-electron chi connectivity index (χ4n) is 11.4. The molecule has 36 nitrogen and oxygen atoms in total. The van der Waals surface area contributed by atoms with Gasteiger partial charge in [-0.2, -0.15) is 0 Å². The van der Waals surface area contributed by atoms with Gasteiger partial charge in [-0.15, -0.1) is 0 Å². The second kappa shape index (κ2) is 56.2. The van der Waals surface area contributed by atoms with Crippen molar-refractivity contribution in [1.82, 2.24) is 31.9 Å². The van der Waals surface area contributed by atoms with Crippen molar-refractivity contribution in [1.29, 1.82) is 0 Å². The maximum absolute atomic E-state index is 9.68. The average molecular weight is 2760 g/mol. The van der Waals surface area contributed by atoms with Gasteiger partial charge in [0.2, 0.25) is 5.75 Å². The van der Waals surface area contributed by atoms with Crippen LogP contribution in [0.4, 0.5) is 0 Å². The second-order valence-corrected chi connectivity index (χ2v) is 39.8. The van der Waals surface area contributed by atoms with Crippen LogP contribution in [-0.2, 0) is 39.3 Å². The van der Waals surface area contributed by atoms with Crippen LogP contribution in [0.5, 0.6) is 172 Å². The van der Waals surface area contributed by atoms with Crippen LogP contribution in [0.2, 0.25) is 0 Å². The molecule has 0 saturated carbocycles. The van der Waals surface area contributed by atoms with E-state index in [9.17, 15) is 153 Å². The van der Waals surface area contributed by atoms with Gasteiger partial charge in [-0.05, 0) is 365 Å². The Morgan fingerprint density at radius 2 is 0.463 bits per heavy atom. The van der Waals surface area contributed by atoms with Crippen molar-refractivity contribution >= 4 is 290 Å². The molecule has 147 heavy (non-hydrogen) atoms. The summed E-state index contributed by atoms with van der Waals surface area (Å²) >= 11 is 58.5. The summed E-state index contributed by atoms with van der Waals surface area (Å²) in [7, 11) is 0. The smallest absolute Gasteiger partial charge is 0.201 e. The molecular formula is C96H81Br8IN6O30S6. The summed E-state index contributed by atoms with van der Waals surface area (Å²) in [5, 5.41) is 302. The molecule has 0 fully saturated rings. The topological polar surface area (TPSA) is 679 Å². The normalized spacial score (nSPS) is 10.9. The summed E-state index contributed by atoms with van der Waals surface area (Å²) in [6, 6.07) is 28.9. The fourth-order valence-corrected chi connectivity index (χ4v) is 16.4. The number of nitrogens with one attached hydrogen (secondary N) is 6. The average Bonchev–Trinajstić information content (AvgIpc) is 0.809. The van der Waals surface area contributed by atoms with Crippen LogP contribution < -0.4 is 31.9 Å². The minimum absolute atomic E-state index is 0.188. The van der Waals surface area contributed by atoms with Gasteiger partial charge in [0.15, 0.2) is 167 Å². The van der Waals surface area contributed by atoms with E-state index in [4.69, 9.17) is 73.3 Å². The molecule has 0 amide bonds. The predicted molar refractivity (Wildman–Crippen MR) is 612 cm³/mol. The number of phenolic OH excluding ortho intramolecular Hbond substituents is 30. The van der Waals surface area contributed by atoms with Crippen LogP contribution in [0, 0.1) is 3.57 Å². The Morgan fingerprint density at radius 1 is 0.204 bits per heavy atom. The molecule has 12 aromatic carbocycles. The molecule has 0 spiro atoms. The van der Waals surface area contributed by atoms with Crippen molar-refractivity contribution in [3.63, 3.8) is 0 Å². The lowest BCUT2D eigenvalue weighted by Gasteiger charge is -2.11. The van der Waals surface area contributed by atoms with E-state index in [1.165, 1.54) is 109 Å². The Labute approximate surface area is 946 Å². The molecule has 0 atom stereocenters. The lowest BCUT2D eigenvalue weighted by atomic mass is 10.1. The molecule has 12 aromatic rings. The Bertz CT molecular complexity index is 6720. The Kier molecular flexibility index (Phi) is 46.3. The lowest BCUT2D eigenvalue weighted by molar-refractivity contribution is 0.365. The summed E-state index contributed by atoms with van der Waals surface area (Å²) in [6.07, 6.45) is 19.4. The molecule has 0 aliphatic carbocycles. The Balaban J connectivity index is 0.000000239. The summed E-state index contributed by atoms with van der Waals surface area (Å²) < 4.78 is 3.77. The summed E-state index contributed by atoms with van der Waals surface area (Å²) in [6.45, 7) is 1.32. The zero-order valence-corrected chi connectivity index (χ0v) is 93.8. The number of phenols is 30. The van der Waals surface area contributed by atoms with E-state index in [0.717, 1.165) is 0 Å². The number of rotatable bonds is 24. The standard InChI is InChI=1S/3C16H13Br2NO5S.2C16H14BrNO5S.C16H14INO5S/c2*17-13-8(5-11(22)16(24)14(13)18)1-2-12(25)19-6-7-3-9(20)15(23)10(21)4-7;17-9-3-7(4-10(20)14(9)22)1-2-12(25)19-6-8-5-11(21)15(23)16(24)13(8)18;17-14-9(1-3-10(19)16(14)23)2-4-13(24)18-7-8-5-11(20)15(22)12(21)6-8;17-10-6-12(20)11(19)5-9(10)1-2-15(24)18-7-8-3-13(21)16(23)14(22)4-8;17-14-9(1-3-10(19)16(14)23)2-4-13(24)18-7-8-5-11(20)15(22)12(21)6-8/h3*1-5,20-24H,6H2,(H,19,25);3*1-6,19-23H,7H2,(H,18,24)/b3*2-1+;4-2+;2-1+;4-2+. The van der Waals surface area contributed by atoms with Crippen molar-refractivity contribution < 1.29 is 153 Å². The monoisotopic (exact) mass is 2750 g/mol. The van der Waals surface area contributed by atoms with Crippen molar-refractivity contribution in [3.8, 4) is 172 Å². The maximum atomic E-state index is 9.68. The highest BCUT2D eigenvalue weighted by Crippen LogP contribution is 2.48. The van der Waals surface area contributed by atoms with E-state index < -0.39 is 103 Å². The van der Waals surface area contributed by atoms with Crippen LogP contribution in [0.15, 0.2) is 200 Å². The SMILES string of the molecule is Oc1cc(/C=C/C(=S)NCc2cc(O)c(O)c(O)c2Br)cc(Br)c1O.Oc1cc(Br)c(/C=C/C(=S)NCc2cc(O)c(O)c(O)c2)cc1O.Oc1cc(CNC(=S)/C=C/c2cc(O)c(O)c(Br)c2Br)cc(O)c1O.Oc1cc(CNC(=S)/C=C/c2cc(O)c(O)c(Br)c2Br)cc(O)c1O.Oc1cc(CNC(=S)/C=C/c2ccc(O)c(O)c2Br)cc(O)c1O.Oc1cc(CNC(=S)/C=C/c2ccc(O)c(O)c2I)cc(O)c1O. The maximum Gasteiger partial charge on any atom is 0.201 e. The first-order chi connectivity index (χ1) is 69.0. The highest BCUT2D eigenvalue weighted by atomic mass is 127. The first kappa shape index (κ1) is 121. The van der Waals surface area contributed by atoms with Crippen LogP contribution >= 0.6 is 223 Å². The fraction of sp³-hybridized carbons (Fsp3) is 0.0625. The van der Waals surface area contributed by atoms with Crippen LogP contribution in [0.3, 0.4) is 0 Å². The molecule has 12 rings (SSSR count). The van der Waals surface area contributed by atoms with Crippen molar-refractivity contribution in [2.24, 2.45) is 0 Å². The van der Waals surface area contributed by atoms with Gasteiger partial charge < -0.3 is 185 Å². The van der Waals surface area contributed by atoms with E-state index in [-0.39, 0.29) is 113 Å². The van der Waals surface area contributed by atoms with Crippen LogP contribution in [0.25, 0.3) is 36.5 Å². The number of thiocarbonyl (C=S) groups is 6. The molecule has 0 radical (unpaired) electrons. The van der Waals surface area contributed by atoms with E-state index in [1.807, 2.05) is 22.6 Å². The number of halogens is 9. The minimum atomic E-state index is -0.601. The summed E-state index contributed by atoms with van der Waals surface area (Å²) in [5.74, 6) is -11.5. The Hall–Kier alpha value is -13.0. The molecule has 0 heterocycles. The van der Waals surface area contributed by atoms with Crippen LogP contribution in [0.1, 0.15) is 66.8 Å². The Morgan fingerprint density at radius 3 is 0.803 bits per heavy atom. The zero-order chi connectivity index (χ0) is 110. The molecule has 51 heteroatoms. The lowest BCUT2D eigenvalue weighted by Crippen LogP contribution is -2.18. The zero-order valence-electron chi connectivity index (χ0n) is 74.1. The third-order valence-corrected chi connectivity index (χ3v) is 29.1. The van der Waals surface area contributed by atoms with Gasteiger partial charge in [-0.1, -0.05) is 126 Å². The van der Waals surface area contributed by atoms with Gasteiger partial charge >= 0.3 is 0 Å². The molecule has 0 bridgehead atoms. The molecule has 0 saturated heterocycles. The minimum Gasteiger partial charge on any atom is -0.504 e. The molecule has 774 valence electrons. The number of benzene rings is 12. The highest BCUT2D eigenvalue weighted by Gasteiger charge is 2.21. The van der Waals surface area contributed by atoms with E-state index in [0.29, 0.717) is 132 Å². The van der Waals surface area contributed by atoms with Crippen molar-refractivity contribution in [2.75, 3.05) is 0 Å². The van der Waals surface area contributed by atoms with Crippen LogP contribution in [-0.4, -0.2) is 183 Å². The van der Waals surface area contributed by atoms with Gasteiger partial charge in [-0.25, -0.2) is 0 Å². The van der Waals surface area contributed by atoms with Crippen molar-refractivity contribution in [3.05, 3.63) is 270 Å². The summed E-state index contributed by atoms with van der Waals surface area (Å²) in [5.41, 5.74) is 6.86. The molecule has 0 aliphatic rings. The third-order valence-electron chi connectivity index (χ3n) is 19.0. The number of hydrogen-bond donors (Lipinski definition) is 36. The van der Waals surface area contributed by atoms with Gasteiger partial charge in [0.1, 0.15) is 0 Å². The van der Waals surface area contributed by atoms with Gasteiger partial charge in [-0.3, -0.25) is 0 Å². The predicted octanol–water partition coefficient (Wildman–Crippen LogP) is 20.8. The van der Waals surface area contributed by atoms with E-state index >= 15 is 0 Å². The van der Waals surface area contributed by atoms with Gasteiger partial charge in [0.05, 0.1) is 55.9 Å². The van der Waals surface area contributed by atoms with E-state index in [1.54, 1.807) is 91.1 Å². The first-order valence-corrected chi connectivity index (χ1v) is 50.3. The molecular weight excluding hydrogens is 2680 g/mol. The first-order valence-electron chi connectivity index (χ1n) is 40.5. The molecule has 0 aliphatic heterocycles.